The van der Waals surface area contributed by atoms with Crippen molar-refractivity contribution in [1.29, 1.82) is 0 Å². The van der Waals surface area contributed by atoms with Gasteiger partial charge in [0, 0.05) is 26.2 Å². The van der Waals surface area contributed by atoms with Crippen LogP contribution >= 0.6 is 0 Å². The van der Waals surface area contributed by atoms with Crippen LogP contribution in [0.25, 0.3) is 0 Å². The highest BCUT2D eigenvalue weighted by Gasteiger charge is 2.27. The summed E-state index contributed by atoms with van der Waals surface area (Å²) in [6.07, 6.45) is 0. The molecule has 0 N–H and O–H groups in total. The summed E-state index contributed by atoms with van der Waals surface area (Å²) < 4.78 is 0. The summed E-state index contributed by atoms with van der Waals surface area (Å²) in [5.74, 6) is 0.132. The number of allylic oxidation sites excluding steroid dienone is 1. The van der Waals surface area contributed by atoms with E-state index < -0.39 is 0 Å². The molecule has 0 spiro atoms. The summed E-state index contributed by atoms with van der Waals surface area (Å²) in [6.45, 7) is 4.69. The Bertz CT molecular complexity index is 216. The number of hydrogen-bond donors (Lipinski definition) is 0. The second-order valence-corrected chi connectivity index (χ2v) is 3.12. The first-order valence-electron chi connectivity index (χ1n) is 3.69. The summed E-state index contributed by atoms with van der Waals surface area (Å²) >= 11 is 0. The van der Waals surface area contributed by atoms with Gasteiger partial charge in [0.25, 0.3) is 5.91 Å². The van der Waals surface area contributed by atoms with E-state index in [0.29, 0.717) is 0 Å². The molecule has 0 bridgehead atoms. The molecule has 0 aliphatic carbocycles. The first-order valence-corrected chi connectivity index (χ1v) is 3.69. The predicted molar refractivity (Wildman–Crippen MR) is 43.8 cm³/mol. The van der Waals surface area contributed by atoms with Crippen LogP contribution in [0.15, 0.2) is 11.1 Å². The number of hydrazine groups is 1. The van der Waals surface area contributed by atoms with Gasteiger partial charge in [0.1, 0.15) is 0 Å². The molecule has 1 heterocycles. The van der Waals surface area contributed by atoms with Gasteiger partial charge in [-0.3, -0.25) is 9.80 Å². The van der Waals surface area contributed by atoms with Crippen LogP contribution in [0.1, 0.15) is 13.8 Å². The first-order chi connectivity index (χ1) is 5.04. The molecular weight excluding hydrogens is 140 g/mol. The third kappa shape index (κ3) is 1.28. The molecule has 0 aromatic heterocycles. The molecular formula is C8H14N2O. The average molecular weight is 154 g/mol. The largest absolute Gasteiger partial charge is 0.275 e. The summed E-state index contributed by atoms with van der Waals surface area (Å²) in [7, 11) is 3.70. The molecule has 1 aliphatic heterocycles. The molecule has 1 saturated heterocycles. The summed E-state index contributed by atoms with van der Waals surface area (Å²) in [6, 6.07) is 0. The number of rotatable bonds is 0. The quantitative estimate of drug-likeness (QED) is 0.478. The Morgan fingerprint density at radius 3 is 2.09 bits per heavy atom. The minimum atomic E-state index is 0.132. The van der Waals surface area contributed by atoms with Gasteiger partial charge in [0.15, 0.2) is 0 Å². The summed E-state index contributed by atoms with van der Waals surface area (Å²) in [5.41, 5.74) is 2.04. The molecule has 0 unspecified atom stereocenters. The van der Waals surface area contributed by atoms with Gasteiger partial charge in [0.2, 0.25) is 0 Å². The maximum absolute atomic E-state index is 11.4. The van der Waals surface area contributed by atoms with Crippen molar-refractivity contribution in [2.45, 2.75) is 13.8 Å². The van der Waals surface area contributed by atoms with Crippen molar-refractivity contribution in [1.82, 2.24) is 10.0 Å². The monoisotopic (exact) mass is 154 g/mol. The standard InChI is InChI=1S/C8H14N2O/c1-6(2)7-5-9(3)10(4)8(7)11/h5H2,1-4H3. The fraction of sp³-hybridized carbons (Fsp3) is 0.625. The highest BCUT2D eigenvalue weighted by Crippen LogP contribution is 2.16. The van der Waals surface area contributed by atoms with Gasteiger partial charge in [-0.1, -0.05) is 5.57 Å². The van der Waals surface area contributed by atoms with Gasteiger partial charge in [-0.05, 0) is 13.8 Å². The minimum absolute atomic E-state index is 0.132. The zero-order chi connectivity index (χ0) is 8.59. The van der Waals surface area contributed by atoms with E-state index in [4.69, 9.17) is 0 Å². The molecule has 0 radical (unpaired) electrons. The van der Waals surface area contributed by atoms with Crippen molar-refractivity contribution < 1.29 is 4.79 Å². The molecule has 0 aromatic rings. The normalized spacial score (nSPS) is 19.8. The van der Waals surface area contributed by atoms with Crippen LogP contribution in [0.4, 0.5) is 0 Å². The van der Waals surface area contributed by atoms with E-state index in [-0.39, 0.29) is 5.91 Å². The fourth-order valence-corrected chi connectivity index (χ4v) is 1.12. The van der Waals surface area contributed by atoms with Gasteiger partial charge < -0.3 is 0 Å². The lowest BCUT2D eigenvalue weighted by Crippen LogP contribution is -2.31. The number of carbonyl (C=O) groups is 1. The van der Waals surface area contributed by atoms with Gasteiger partial charge in [-0.2, -0.15) is 0 Å². The van der Waals surface area contributed by atoms with Crippen LogP contribution < -0.4 is 0 Å². The molecule has 1 amide bonds. The molecule has 3 heteroatoms. The van der Waals surface area contributed by atoms with Crippen LogP contribution in [-0.4, -0.2) is 36.6 Å². The van der Waals surface area contributed by atoms with E-state index >= 15 is 0 Å². The van der Waals surface area contributed by atoms with Crippen LogP contribution in [-0.2, 0) is 4.79 Å². The molecule has 0 atom stereocenters. The van der Waals surface area contributed by atoms with Crippen LogP contribution in [0.3, 0.4) is 0 Å². The average Bonchev–Trinajstić information content (AvgIpc) is 2.17. The number of likely N-dealkylation sites (N-methyl/N-ethyl adjacent to an activating group) is 2. The summed E-state index contributed by atoms with van der Waals surface area (Å²) in [5, 5.41) is 3.55. The van der Waals surface area contributed by atoms with E-state index in [0.717, 1.165) is 17.7 Å². The Hall–Kier alpha value is -0.830. The Labute approximate surface area is 67.2 Å². The van der Waals surface area contributed by atoms with E-state index in [9.17, 15) is 4.79 Å². The van der Waals surface area contributed by atoms with Gasteiger partial charge >= 0.3 is 0 Å². The highest BCUT2D eigenvalue weighted by molar-refractivity contribution is 5.95. The second-order valence-electron chi connectivity index (χ2n) is 3.12. The smallest absolute Gasteiger partial charge is 0.265 e. The van der Waals surface area contributed by atoms with Gasteiger partial charge in [0.05, 0.1) is 0 Å². The molecule has 62 valence electrons. The number of carbonyl (C=O) groups excluding carboxylic acids is 1. The van der Waals surface area contributed by atoms with Gasteiger partial charge in [-0.25, -0.2) is 5.01 Å². The van der Waals surface area contributed by atoms with Crippen LogP contribution in [0.5, 0.6) is 0 Å². The SMILES string of the molecule is CC(C)=C1CN(C)N(C)C1=O. The molecule has 1 aliphatic rings. The fourth-order valence-electron chi connectivity index (χ4n) is 1.12. The molecule has 1 rings (SSSR count). The molecule has 0 aromatic carbocycles. The van der Waals surface area contributed by atoms with Crippen molar-refractivity contribution in [2.24, 2.45) is 0 Å². The van der Waals surface area contributed by atoms with E-state index in [1.807, 2.05) is 25.9 Å². The van der Waals surface area contributed by atoms with Crippen molar-refractivity contribution in [3.05, 3.63) is 11.1 Å². The Morgan fingerprint density at radius 2 is 1.91 bits per heavy atom. The molecule has 3 nitrogen and oxygen atoms in total. The Morgan fingerprint density at radius 1 is 1.36 bits per heavy atom. The van der Waals surface area contributed by atoms with Crippen LogP contribution in [0, 0.1) is 0 Å². The van der Waals surface area contributed by atoms with E-state index in [1.54, 1.807) is 12.1 Å². The number of nitrogens with zero attached hydrogens (tertiary/aromatic N) is 2. The third-order valence-corrected chi connectivity index (χ3v) is 2.05. The van der Waals surface area contributed by atoms with Crippen molar-refractivity contribution in [3.8, 4) is 0 Å². The number of hydrogen-bond acceptors (Lipinski definition) is 2. The summed E-state index contributed by atoms with van der Waals surface area (Å²) in [4.78, 5) is 11.4. The van der Waals surface area contributed by atoms with Gasteiger partial charge in [-0.15, -0.1) is 0 Å². The zero-order valence-electron chi connectivity index (χ0n) is 7.51. The van der Waals surface area contributed by atoms with Crippen molar-refractivity contribution in [2.75, 3.05) is 20.6 Å². The lowest BCUT2D eigenvalue weighted by Gasteiger charge is -2.16. The lowest BCUT2D eigenvalue weighted by atomic mass is 10.1. The second kappa shape index (κ2) is 2.66. The van der Waals surface area contributed by atoms with Crippen LogP contribution in [0.2, 0.25) is 0 Å². The predicted octanol–water partition coefficient (Wildman–Crippen LogP) is 0.642. The van der Waals surface area contributed by atoms with Crippen molar-refractivity contribution >= 4 is 5.91 Å². The Kier molecular flexibility index (Phi) is 2.00. The zero-order valence-corrected chi connectivity index (χ0v) is 7.51. The third-order valence-electron chi connectivity index (χ3n) is 2.05. The topological polar surface area (TPSA) is 23.6 Å². The molecule has 1 fully saturated rings. The highest BCUT2D eigenvalue weighted by atomic mass is 16.2. The van der Waals surface area contributed by atoms with E-state index in [2.05, 4.69) is 0 Å². The van der Waals surface area contributed by atoms with Crippen molar-refractivity contribution in [3.63, 3.8) is 0 Å². The number of amides is 1. The maximum Gasteiger partial charge on any atom is 0.265 e. The molecule has 11 heavy (non-hydrogen) atoms. The Balaban J connectivity index is 2.93. The van der Waals surface area contributed by atoms with E-state index in [1.165, 1.54) is 0 Å². The molecule has 0 saturated carbocycles. The maximum atomic E-state index is 11.4. The first kappa shape index (κ1) is 8.27. The lowest BCUT2D eigenvalue weighted by molar-refractivity contribution is -0.131. The minimum Gasteiger partial charge on any atom is -0.275 e.